The van der Waals surface area contributed by atoms with Crippen molar-refractivity contribution in [2.45, 2.75) is 30.9 Å². The topological polar surface area (TPSA) is 61.5 Å². The van der Waals surface area contributed by atoms with Crippen molar-refractivity contribution in [1.29, 1.82) is 0 Å². The largest absolute Gasteiger partial charge is 0.489 e. The lowest BCUT2D eigenvalue weighted by molar-refractivity contribution is -0.143. The molecule has 1 unspecified atom stereocenters. The second-order valence-electron chi connectivity index (χ2n) is 7.52. The fourth-order valence-corrected chi connectivity index (χ4v) is 3.67. The second kappa shape index (κ2) is 8.10. The number of carbonyl (C=O) groups is 1. The van der Waals surface area contributed by atoms with Gasteiger partial charge in [0.1, 0.15) is 12.4 Å². The average molecular weight is 387 g/mol. The lowest BCUT2D eigenvalue weighted by Gasteiger charge is -2.15. The van der Waals surface area contributed by atoms with Gasteiger partial charge in [0.2, 0.25) is 0 Å². The van der Waals surface area contributed by atoms with Gasteiger partial charge in [-0.05, 0) is 47.2 Å². The van der Waals surface area contributed by atoms with Crippen molar-refractivity contribution in [3.05, 3.63) is 101 Å². The van der Waals surface area contributed by atoms with E-state index in [9.17, 15) is 4.79 Å². The molecule has 1 aliphatic carbocycles. The Labute approximate surface area is 171 Å². The molecular weight excluding hydrogens is 362 g/mol. The van der Waals surface area contributed by atoms with Crippen LogP contribution in [-0.4, -0.2) is 13.1 Å². The minimum atomic E-state index is -0.434. The Hall–Kier alpha value is -3.11. The van der Waals surface area contributed by atoms with Gasteiger partial charge in [-0.25, -0.2) is 0 Å². The molecule has 1 fully saturated rings. The zero-order chi connectivity index (χ0) is 20.3. The summed E-state index contributed by atoms with van der Waals surface area (Å²) in [7, 11) is 1.45. The first-order valence-electron chi connectivity index (χ1n) is 9.83. The van der Waals surface area contributed by atoms with E-state index in [1.807, 2.05) is 78.9 Å². The smallest absolute Gasteiger partial charge is 0.316 e. The highest BCUT2D eigenvalue weighted by atomic mass is 16.5. The van der Waals surface area contributed by atoms with Gasteiger partial charge in [-0.1, -0.05) is 66.7 Å². The van der Waals surface area contributed by atoms with Gasteiger partial charge in [0.15, 0.2) is 0 Å². The third-order valence-corrected chi connectivity index (χ3v) is 5.61. The van der Waals surface area contributed by atoms with Gasteiger partial charge < -0.3 is 15.2 Å². The zero-order valence-corrected chi connectivity index (χ0v) is 16.5. The predicted octanol–water partition coefficient (Wildman–Crippen LogP) is 4.52. The normalized spacial score (nSPS) is 15.4. The minimum Gasteiger partial charge on any atom is -0.489 e. The van der Waals surface area contributed by atoms with Crippen LogP contribution in [-0.2, 0) is 21.6 Å². The van der Waals surface area contributed by atoms with Crippen molar-refractivity contribution in [2.24, 2.45) is 5.73 Å². The molecule has 4 nitrogen and oxygen atoms in total. The van der Waals surface area contributed by atoms with Crippen molar-refractivity contribution in [3.8, 4) is 5.75 Å². The van der Waals surface area contributed by atoms with Gasteiger partial charge in [-0.2, -0.15) is 0 Å². The van der Waals surface area contributed by atoms with E-state index in [4.69, 9.17) is 15.2 Å². The van der Waals surface area contributed by atoms with Crippen molar-refractivity contribution in [1.82, 2.24) is 0 Å². The van der Waals surface area contributed by atoms with Crippen LogP contribution in [0.25, 0.3) is 0 Å². The van der Waals surface area contributed by atoms with Gasteiger partial charge in [0.25, 0.3) is 0 Å². The molecule has 0 heterocycles. The summed E-state index contributed by atoms with van der Waals surface area (Å²) in [6.45, 7) is 0.454. The maximum Gasteiger partial charge on any atom is 0.316 e. The second-order valence-corrected chi connectivity index (χ2v) is 7.52. The van der Waals surface area contributed by atoms with Crippen LogP contribution in [0.15, 0.2) is 78.9 Å². The Kier molecular flexibility index (Phi) is 5.36. The third kappa shape index (κ3) is 4.03. The van der Waals surface area contributed by atoms with Crippen molar-refractivity contribution in [2.75, 3.05) is 7.11 Å². The molecule has 0 saturated heterocycles. The SMILES string of the molecule is COC(=O)C1(c2ccc(COc3cccc(C(N)c4ccccc4)c3)cc2)CC1. The molecule has 1 aliphatic rings. The molecule has 29 heavy (non-hydrogen) atoms. The van der Waals surface area contributed by atoms with Crippen LogP contribution >= 0.6 is 0 Å². The first-order chi connectivity index (χ1) is 14.1. The molecule has 1 saturated carbocycles. The molecule has 0 radical (unpaired) electrons. The maximum absolute atomic E-state index is 12.0. The Morgan fingerprint density at radius 2 is 1.66 bits per heavy atom. The van der Waals surface area contributed by atoms with Crippen LogP contribution in [0.4, 0.5) is 0 Å². The van der Waals surface area contributed by atoms with Gasteiger partial charge in [-0.3, -0.25) is 4.79 Å². The van der Waals surface area contributed by atoms with Crippen molar-refractivity contribution >= 4 is 5.97 Å². The fraction of sp³-hybridized carbons (Fsp3) is 0.240. The summed E-state index contributed by atoms with van der Waals surface area (Å²) in [5.41, 5.74) is 10.1. The van der Waals surface area contributed by atoms with E-state index < -0.39 is 5.41 Å². The third-order valence-electron chi connectivity index (χ3n) is 5.61. The fourth-order valence-electron chi connectivity index (χ4n) is 3.67. The molecule has 1 atom stereocenters. The van der Waals surface area contributed by atoms with E-state index in [1.54, 1.807) is 0 Å². The van der Waals surface area contributed by atoms with E-state index in [0.29, 0.717) is 6.61 Å². The van der Waals surface area contributed by atoms with E-state index in [2.05, 4.69) is 0 Å². The molecule has 3 aromatic rings. The highest BCUT2D eigenvalue weighted by molar-refractivity contribution is 5.86. The Morgan fingerprint density at radius 1 is 0.966 bits per heavy atom. The predicted molar refractivity (Wildman–Crippen MR) is 113 cm³/mol. The van der Waals surface area contributed by atoms with Crippen LogP contribution < -0.4 is 10.5 Å². The summed E-state index contributed by atoms with van der Waals surface area (Å²) < 4.78 is 10.9. The average Bonchev–Trinajstić information content (AvgIpc) is 3.60. The quantitative estimate of drug-likeness (QED) is 0.606. The molecular formula is C25H25NO3. The Bertz CT molecular complexity index is 978. The zero-order valence-electron chi connectivity index (χ0n) is 16.5. The molecule has 2 N–H and O–H groups in total. The summed E-state index contributed by atoms with van der Waals surface area (Å²) in [6, 6.07) is 25.8. The number of ether oxygens (including phenoxy) is 2. The number of esters is 1. The highest BCUT2D eigenvalue weighted by Crippen LogP contribution is 2.49. The van der Waals surface area contributed by atoms with Gasteiger partial charge in [-0.15, -0.1) is 0 Å². The van der Waals surface area contributed by atoms with Crippen LogP contribution in [0.5, 0.6) is 5.75 Å². The lowest BCUT2D eigenvalue weighted by atomic mass is 9.95. The summed E-state index contributed by atoms with van der Waals surface area (Å²) in [5, 5.41) is 0. The molecule has 0 spiro atoms. The van der Waals surface area contributed by atoms with Crippen LogP contribution in [0.2, 0.25) is 0 Å². The molecule has 3 aromatic carbocycles. The molecule has 4 heteroatoms. The molecule has 0 bridgehead atoms. The highest BCUT2D eigenvalue weighted by Gasteiger charge is 2.52. The summed E-state index contributed by atoms with van der Waals surface area (Å²) in [4.78, 5) is 12.0. The van der Waals surface area contributed by atoms with Crippen LogP contribution in [0.3, 0.4) is 0 Å². The van der Waals surface area contributed by atoms with E-state index in [-0.39, 0.29) is 12.0 Å². The first kappa shape index (κ1) is 19.2. The first-order valence-corrected chi connectivity index (χ1v) is 9.83. The number of hydrogen-bond acceptors (Lipinski definition) is 4. The summed E-state index contributed by atoms with van der Waals surface area (Å²) in [5.74, 6) is 0.638. The maximum atomic E-state index is 12.0. The number of hydrogen-bond donors (Lipinski definition) is 1. The van der Waals surface area contributed by atoms with Gasteiger partial charge in [0, 0.05) is 0 Å². The number of benzene rings is 3. The van der Waals surface area contributed by atoms with Crippen molar-refractivity contribution in [3.63, 3.8) is 0 Å². The summed E-state index contributed by atoms with van der Waals surface area (Å²) >= 11 is 0. The van der Waals surface area contributed by atoms with E-state index in [0.717, 1.165) is 40.8 Å². The molecule has 0 amide bonds. The Morgan fingerprint density at radius 3 is 2.31 bits per heavy atom. The van der Waals surface area contributed by atoms with Gasteiger partial charge >= 0.3 is 5.97 Å². The Balaban J connectivity index is 1.41. The van der Waals surface area contributed by atoms with Crippen LogP contribution in [0.1, 0.15) is 41.1 Å². The monoisotopic (exact) mass is 387 g/mol. The number of rotatable bonds is 7. The van der Waals surface area contributed by atoms with Crippen molar-refractivity contribution < 1.29 is 14.3 Å². The molecule has 4 rings (SSSR count). The number of carbonyl (C=O) groups excluding carboxylic acids is 1. The van der Waals surface area contributed by atoms with E-state index in [1.165, 1.54) is 7.11 Å². The van der Waals surface area contributed by atoms with Gasteiger partial charge in [0.05, 0.1) is 18.6 Å². The summed E-state index contributed by atoms with van der Waals surface area (Å²) in [6.07, 6.45) is 1.70. The lowest BCUT2D eigenvalue weighted by Crippen LogP contribution is -2.21. The number of methoxy groups -OCH3 is 1. The standard InChI is InChI=1S/C25H25NO3/c1-28-24(27)25(14-15-25)21-12-10-18(11-13-21)17-29-22-9-5-8-20(16-22)23(26)19-6-3-2-4-7-19/h2-13,16,23H,14-15,17,26H2,1H3. The molecule has 0 aliphatic heterocycles. The number of nitrogens with two attached hydrogens (primary N) is 1. The molecule has 148 valence electrons. The molecule has 0 aromatic heterocycles. The van der Waals surface area contributed by atoms with E-state index >= 15 is 0 Å². The van der Waals surface area contributed by atoms with Crippen LogP contribution in [0, 0.1) is 0 Å². The minimum absolute atomic E-state index is 0.145.